The van der Waals surface area contributed by atoms with Gasteiger partial charge >= 0.3 is 0 Å². The highest BCUT2D eigenvalue weighted by molar-refractivity contribution is 6.30. The van der Waals surface area contributed by atoms with E-state index in [-0.39, 0.29) is 6.04 Å². The van der Waals surface area contributed by atoms with Crippen molar-refractivity contribution in [3.63, 3.8) is 0 Å². The van der Waals surface area contributed by atoms with Gasteiger partial charge in [-0.15, -0.1) is 0 Å². The van der Waals surface area contributed by atoms with E-state index in [9.17, 15) is 0 Å². The molecule has 0 spiro atoms. The molecule has 2 rings (SSSR count). The molecule has 1 fully saturated rings. The van der Waals surface area contributed by atoms with Crippen molar-refractivity contribution >= 4 is 11.6 Å². The molecule has 0 heterocycles. The Hall–Kier alpha value is -0.730. The third kappa shape index (κ3) is 3.39. The normalized spacial score (nSPS) is 18.6. The number of hydrogen-bond acceptors (Lipinski definition) is 2. The molecule has 3 heteroatoms. The topological polar surface area (TPSA) is 35.2 Å². The zero-order valence-corrected chi connectivity index (χ0v) is 11.7. The van der Waals surface area contributed by atoms with Crippen molar-refractivity contribution in [2.75, 3.05) is 7.11 Å². The molecular formula is C15H22ClNO. The zero-order valence-electron chi connectivity index (χ0n) is 11.0. The van der Waals surface area contributed by atoms with Crippen molar-refractivity contribution in [1.29, 1.82) is 0 Å². The predicted octanol–water partition coefficient (Wildman–Crippen LogP) is 4.32. The number of benzene rings is 1. The van der Waals surface area contributed by atoms with Gasteiger partial charge in [0.1, 0.15) is 5.75 Å². The van der Waals surface area contributed by atoms with Crippen molar-refractivity contribution in [2.24, 2.45) is 11.7 Å². The van der Waals surface area contributed by atoms with Gasteiger partial charge in [-0.1, -0.05) is 49.8 Å². The summed E-state index contributed by atoms with van der Waals surface area (Å²) in [7, 11) is 1.67. The second-order valence-corrected chi connectivity index (χ2v) is 5.67. The van der Waals surface area contributed by atoms with Crippen molar-refractivity contribution in [1.82, 2.24) is 0 Å². The molecule has 1 aliphatic rings. The molecule has 1 aromatic rings. The standard InChI is InChI=1S/C15H22ClNO/c1-18-15-10-12(16)7-8-13(15)14(17)9-11-5-3-2-4-6-11/h7-8,10-11,14H,2-6,9,17H2,1H3. The van der Waals surface area contributed by atoms with Crippen LogP contribution in [0.1, 0.15) is 50.1 Å². The monoisotopic (exact) mass is 267 g/mol. The highest BCUT2D eigenvalue weighted by Gasteiger charge is 2.19. The summed E-state index contributed by atoms with van der Waals surface area (Å²) in [5.41, 5.74) is 7.41. The Balaban J connectivity index is 2.05. The fraction of sp³-hybridized carbons (Fsp3) is 0.600. The molecule has 1 aliphatic carbocycles. The average Bonchev–Trinajstić information content (AvgIpc) is 2.39. The number of ether oxygens (including phenoxy) is 1. The Morgan fingerprint density at radius 2 is 2.06 bits per heavy atom. The van der Waals surface area contributed by atoms with Gasteiger partial charge in [0.15, 0.2) is 0 Å². The van der Waals surface area contributed by atoms with Gasteiger partial charge in [-0.2, -0.15) is 0 Å². The molecule has 0 aromatic heterocycles. The highest BCUT2D eigenvalue weighted by atomic mass is 35.5. The Bertz CT molecular complexity index is 388. The van der Waals surface area contributed by atoms with Crippen LogP contribution in [-0.2, 0) is 0 Å². The van der Waals surface area contributed by atoms with E-state index in [1.807, 2.05) is 18.2 Å². The summed E-state index contributed by atoms with van der Waals surface area (Å²) < 4.78 is 5.37. The summed E-state index contributed by atoms with van der Waals surface area (Å²) in [5.74, 6) is 1.58. The summed E-state index contributed by atoms with van der Waals surface area (Å²) in [6.45, 7) is 0. The third-order valence-electron chi connectivity index (χ3n) is 3.91. The van der Waals surface area contributed by atoms with Crippen molar-refractivity contribution < 1.29 is 4.74 Å². The van der Waals surface area contributed by atoms with Gasteiger partial charge in [-0.25, -0.2) is 0 Å². The molecule has 0 saturated heterocycles. The Labute approximate surface area is 114 Å². The summed E-state index contributed by atoms with van der Waals surface area (Å²) in [6.07, 6.45) is 7.80. The second kappa shape index (κ2) is 6.44. The van der Waals surface area contributed by atoms with Crippen LogP contribution in [0.5, 0.6) is 5.75 Å². The smallest absolute Gasteiger partial charge is 0.125 e. The van der Waals surface area contributed by atoms with E-state index in [2.05, 4.69) is 0 Å². The minimum atomic E-state index is 0.0558. The molecule has 0 radical (unpaired) electrons. The van der Waals surface area contributed by atoms with E-state index in [0.717, 1.165) is 23.7 Å². The molecule has 2 nitrogen and oxygen atoms in total. The molecule has 1 saturated carbocycles. The van der Waals surface area contributed by atoms with Gasteiger partial charge in [0, 0.05) is 16.6 Å². The average molecular weight is 268 g/mol. The van der Waals surface area contributed by atoms with Crippen LogP contribution < -0.4 is 10.5 Å². The van der Waals surface area contributed by atoms with Crippen LogP contribution >= 0.6 is 11.6 Å². The number of nitrogens with two attached hydrogens (primary N) is 1. The Morgan fingerprint density at radius 1 is 1.33 bits per heavy atom. The first-order valence-electron chi connectivity index (χ1n) is 6.79. The summed E-state index contributed by atoms with van der Waals surface area (Å²) >= 11 is 5.97. The van der Waals surface area contributed by atoms with Gasteiger partial charge in [-0.3, -0.25) is 0 Å². The molecule has 1 aromatic carbocycles. The maximum Gasteiger partial charge on any atom is 0.125 e. The van der Waals surface area contributed by atoms with Crippen LogP contribution in [0.15, 0.2) is 18.2 Å². The molecule has 0 aliphatic heterocycles. The lowest BCUT2D eigenvalue weighted by molar-refractivity contribution is 0.315. The number of hydrogen-bond donors (Lipinski definition) is 1. The van der Waals surface area contributed by atoms with Gasteiger partial charge < -0.3 is 10.5 Å². The summed E-state index contributed by atoms with van der Waals surface area (Å²) in [5, 5.41) is 0.695. The van der Waals surface area contributed by atoms with Crippen molar-refractivity contribution in [3.05, 3.63) is 28.8 Å². The van der Waals surface area contributed by atoms with Crippen LogP contribution in [0.4, 0.5) is 0 Å². The van der Waals surface area contributed by atoms with E-state index >= 15 is 0 Å². The quantitative estimate of drug-likeness (QED) is 0.882. The second-order valence-electron chi connectivity index (χ2n) is 5.23. The molecule has 100 valence electrons. The highest BCUT2D eigenvalue weighted by Crippen LogP contribution is 2.34. The maximum absolute atomic E-state index is 6.33. The molecular weight excluding hydrogens is 246 g/mol. The summed E-state index contributed by atoms with van der Waals surface area (Å²) in [4.78, 5) is 0. The number of halogens is 1. The molecule has 1 unspecified atom stereocenters. The predicted molar refractivity (Wildman–Crippen MR) is 76.1 cm³/mol. The largest absolute Gasteiger partial charge is 0.496 e. The molecule has 0 amide bonds. The first kappa shape index (κ1) is 13.7. The van der Waals surface area contributed by atoms with Gasteiger partial charge in [-0.05, 0) is 24.5 Å². The van der Waals surface area contributed by atoms with E-state index in [0.29, 0.717) is 5.02 Å². The van der Waals surface area contributed by atoms with Crippen LogP contribution in [0, 0.1) is 5.92 Å². The third-order valence-corrected chi connectivity index (χ3v) is 4.14. The fourth-order valence-corrected chi connectivity index (χ4v) is 3.06. The summed E-state index contributed by atoms with van der Waals surface area (Å²) in [6, 6.07) is 5.78. The van der Waals surface area contributed by atoms with E-state index in [4.69, 9.17) is 22.1 Å². The first-order chi connectivity index (χ1) is 8.70. The first-order valence-corrected chi connectivity index (χ1v) is 7.17. The number of rotatable bonds is 4. The molecule has 18 heavy (non-hydrogen) atoms. The molecule has 0 bridgehead atoms. The van der Waals surface area contributed by atoms with Crippen LogP contribution in [0.3, 0.4) is 0 Å². The maximum atomic E-state index is 6.33. The minimum Gasteiger partial charge on any atom is -0.496 e. The van der Waals surface area contributed by atoms with E-state index in [1.54, 1.807) is 7.11 Å². The lowest BCUT2D eigenvalue weighted by atomic mass is 9.83. The van der Waals surface area contributed by atoms with Gasteiger partial charge in [0.25, 0.3) is 0 Å². The lowest BCUT2D eigenvalue weighted by Gasteiger charge is -2.25. The SMILES string of the molecule is COc1cc(Cl)ccc1C(N)CC1CCCCC1. The minimum absolute atomic E-state index is 0.0558. The van der Waals surface area contributed by atoms with Crippen LogP contribution in [0.25, 0.3) is 0 Å². The van der Waals surface area contributed by atoms with Crippen molar-refractivity contribution in [2.45, 2.75) is 44.6 Å². The molecule has 2 N–H and O–H groups in total. The van der Waals surface area contributed by atoms with Crippen LogP contribution in [0.2, 0.25) is 5.02 Å². The van der Waals surface area contributed by atoms with Crippen LogP contribution in [-0.4, -0.2) is 7.11 Å². The van der Waals surface area contributed by atoms with E-state index in [1.165, 1.54) is 32.1 Å². The number of methoxy groups -OCH3 is 1. The Morgan fingerprint density at radius 3 is 2.72 bits per heavy atom. The fourth-order valence-electron chi connectivity index (χ4n) is 2.90. The zero-order chi connectivity index (χ0) is 13.0. The van der Waals surface area contributed by atoms with E-state index < -0.39 is 0 Å². The van der Waals surface area contributed by atoms with Gasteiger partial charge in [0.05, 0.1) is 7.11 Å². The van der Waals surface area contributed by atoms with Crippen molar-refractivity contribution in [3.8, 4) is 5.75 Å². The van der Waals surface area contributed by atoms with Gasteiger partial charge in [0.2, 0.25) is 0 Å². The lowest BCUT2D eigenvalue weighted by Crippen LogP contribution is -2.18. The molecule has 1 atom stereocenters. The Kier molecular flexibility index (Phi) is 4.90.